The molecule has 31 heavy (non-hydrogen) atoms. The van der Waals surface area contributed by atoms with E-state index in [0.717, 1.165) is 34.5 Å². The zero-order valence-corrected chi connectivity index (χ0v) is 17.5. The van der Waals surface area contributed by atoms with Crippen molar-refractivity contribution < 1.29 is 31.1 Å². The van der Waals surface area contributed by atoms with Crippen LogP contribution in [0.25, 0.3) is 10.2 Å². The molecule has 0 unspecified atom stereocenters. The molecule has 4 rings (SSSR count). The average molecular weight is 471 g/mol. The van der Waals surface area contributed by atoms with E-state index in [2.05, 4.69) is 9.72 Å². The Labute approximate surface area is 179 Å². The molecule has 0 spiro atoms. The molecule has 2 heterocycles. The summed E-state index contributed by atoms with van der Waals surface area (Å²) in [5, 5.41) is 0. The third-order valence-electron chi connectivity index (χ3n) is 4.80. The third-order valence-corrected chi connectivity index (χ3v) is 7.50. The van der Waals surface area contributed by atoms with Crippen molar-refractivity contribution in [3.63, 3.8) is 0 Å². The minimum absolute atomic E-state index is 0.0810. The Morgan fingerprint density at radius 3 is 2.35 bits per heavy atom. The molecular weight excluding hydrogens is 455 g/mol. The molecule has 0 radical (unpaired) electrons. The maximum absolute atomic E-state index is 12.8. The van der Waals surface area contributed by atoms with Gasteiger partial charge >= 0.3 is 6.36 Å². The first-order valence-corrected chi connectivity index (χ1v) is 11.4. The lowest BCUT2D eigenvalue weighted by Gasteiger charge is -2.34. The third kappa shape index (κ3) is 4.65. The summed E-state index contributed by atoms with van der Waals surface area (Å²) in [6, 6.07) is 9.27. The Kier molecular flexibility index (Phi) is 5.62. The van der Waals surface area contributed by atoms with Gasteiger partial charge in [0.2, 0.25) is 10.0 Å². The van der Waals surface area contributed by atoms with Gasteiger partial charge in [-0.2, -0.15) is 4.31 Å². The summed E-state index contributed by atoms with van der Waals surface area (Å²) < 4.78 is 68.3. The summed E-state index contributed by atoms with van der Waals surface area (Å²) >= 11 is 1.43. The molecule has 1 saturated heterocycles. The zero-order valence-electron chi connectivity index (χ0n) is 15.9. The highest BCUT2D eigenvalue weighted by atomic mass is 32.2. The summed E-state index contributed by atoms with van der Waals surface area (Å²) in [6.45, 7) is 0.567. The molecule has 0 aliphatic carbocycles. The van der Waals surface area contributed by atoms with Gasteiger partial charge in [0.1, 0.15) is 5.75 Å². The Bertz CT molecular complexity index is 1200. The van der Waals surface area contributed by atoms with Crippen LogP contribution in [0.3, 0.4) is 0 Å². The molecule has 3 aromatic rings. The van der Waals surface area contributed by atoms with Gasteiger partial charge in [-0.1, -0.05) is 0 Å². The summed E-state index contributed by atoms with van der Waals surface area (Å²) in [5.41, 5.74) is 3.02. The monoisotopic (exact) mass is 471 g/mol. The summed E-state index contributed by atoms with van der Waals surface area (Å²) in [6.07, 6.45) is -4.85. The van der Waals surface area contributed by atoms with E-state index in [0.29, 0.717) is 5.56 Å². The lowest BCUT2D eigenvalue weighted by atomic mass is 10.2. The Balaban J connectivity index is 1.42. The van der Waals surface area contributed by atoms with E-state index >= 15 is 0 Å². The first-order valence-electron chi connectivity index (χ1n) is 9.12. The van der Waals surface area contributed by atoms with Gasteiger partial charge in [0, 0.05) is 31.7 Å². The first kappa shape index (κ1) is 21.5. The van der Waals surface area contributed by atoms with Gasteiger partial charge in [0.05, 0.1) is 20.6 Å². The number of nitrogens with zero attached hydrogens (tertiary/aromatic N) is 3. The Morgan fingerprint density at radius 2 is 1.71 bits per heavy atom. The van der Waals surface area contributed by atoms with Gasteiger partial charge < -0.3 is 9.64 Å². The second kappa shape index (κ2) is 8.09. The number of alkyl halides is 3. The number of thiazole rings is 1. The SMILES string of the molecule is O=C(c1ccc2ncsc2c1)N1CCN(S(=O)(=O)c2ccc(OC(F)(F)F)cc2)CC1. The van der Waals surface area contributed by atoms with Crippen LogP contribution in [0.15, 0.2) is 52.9 Å². The summed E-state index contributed by atoms with van der Waals surface area (Å²) in [4.78, 5) is 18.4. The zero-order chi connectivity index (χ0) is 22.2. The Hall–Kier alpha value is -2.70. The van der Waals surface area contributed by atoms with Crippen molar-refractivity contribution >= 4 is 37.5 Å². The van der Waals surface area contributed by atoms with E-state index in [4.69, 9.17) is 0 Å². The van der Waals surface area contributed by atoms with Crippen molar-refractivity contribution in [2.24, 2.45) is 0 Å². The number of carbonyl (C=O) groups excluding carboxylic acids is 1. The van der Waals surface area contributed by atoms with Gasteiger partial charge in [-0.15, -0.1) is 24.5 Å². The average Bonchev–Trinajstić information content (AvgIpc) is 3.20. The van der Waals surface area contributed by atoms with Crippen LogP contribution in [-0.4, -0.2) is 61.1 Å². The molecule has 1 amide bonds. The number of aromatic nitrogens is 1. The van der Waals surface area contributed by atoms with Crippen molar-refractivity contribution in [3.8, 4) is 5.75 Å². The number of benzene rings is 2. The number of carbonyl (C=O) groups is 1. The van der Waals surface area contributed by atoms with Crippen LogP contribution in [-0.2, 0) is 10.0 Å². The number of ether oxygens (including phenoxy) is 1. The van der Waals surface area contributed by atoms with Gasteiger partial charge in [0.25, 0.3) is 5.91 Å². The number of sulfonamides is 1. The molecule has 7 nitrogen and oxygen atoms in total. The van der Waals surface area contributed by atoms with Gasteiger partial charge in [-0.05, 0) is 42.5 Å². The van der Waals surface area contributed by atoms with Crippen molar-refractivity contribution in [2.45, 2.75) is 11.3 Å². The van der Waals surface area contributed by atoms with Crippen molar-refractivity contribution in [1.29, 1.82) is 0 Å². The predicted molar refractivity (Wildman–Crippen MR) is 107 cm³/mol. The highest BCUT2D eigenvalue weighted by Crippen LogP contribution is 2.26. The molecule has 2 aromatic carbocycles. The highest BCUT2D eigenvalue weighted by molar-refractivity contribution is 7.89. The van der Waals surface area contributed by atoms with E-state index in [9.17, 15) is 26.4 Å². The highest BCUT2D eigenvalue weighted by Gasteiger charge is 2.33. The van der Waals surface area contributed by atoms with E-state index in [1.807, 2.05) is 0 Å². The molecule has 1 aliphatic rings. The minimum Gasteiger partial charge on any atom is -0.406 e. The van der Waals surface area contributed by atoms with Crippen molar-refractivity contribution in [2.75, 3.05) is 26.2 Å². The van der Waals surface area contributed by atoms with E-state index < -0.39 is 22.1 Å². The van der Waals surface area contributed by atoms with Gasteiger partial charge in [-0.25, -0.2) is 13.4 Å². The van der Waals surface area contributed by atoms with E-state index in [1.54, 1.807) is 28.6 Å². The molecule has 0 N–H and O–H groups in total. The smallest absolute Gasteiger partial charge is 0.406 e. The molecule has 0 bridgehead atoms. The minimum atomic E-state index is -4.85. The summed E-state index contributed by atoms with van der Waals surface area (Å²) in [5.74, 6) is -0.694. The quantitative estimate of drug-likeness (QED) is 0.583. The maximum Gasteiger partial charge on any atom is 0.573 e. The number of fused-ring (bicyclic) bond motifs is 1. The normalized spacial score (nSPS) is 15.9. The van der Waals surface area contributed by atoms with Crippen LogP contribution >= 0.6 is 11.3 Å². The number of amides is 1. The molecule has 1 aliphatic heterocycles. The second-order valence-electron chi connectivity index (χ2n) is 6.75. The standard InChI is InChI=1S/C19H16F3N3O4S2/c20-19(21,22)29-14-2-4-15(5-3-14)31(27,28)25-9-7-24(8-10-25)18(26)13-1-6-16-17(11-13)30-12-23-16/h1-6,11-12H,7-10H2. The lowest BCUT2D eigenvalue weighted by Crippen LogP contribution is -2.50. The number of hydrogen-bond acceptors (Lipinski definition) is 6. The number of piperazine rings is 1. The van der Waals surface area contributed by atoms with Crippen molar-refractivity contribution in [1.82, 2.24) is 14.2 Å². The fourth-order valence-electron chi connectivity index (χ4n) is 3.26. The van der Waals surface area contributed by atoms with E-state index in [1.165, 1.54) is 15.6 Å². The van der Waals surface area contributed by atoms with Crippen LogP contribution in [0.1, 0.15) is 10.4 Å². The largest absolute Gasteiger partial charge is 0.573 e. The fraction of sp³-hybridized carbons (Fsp3) is 0.263. The number of halogens is 3. The molecule has 164 valence electrons. The van der Waals surface area contributed by atoms with Crippen LogP contribution in [0.5, 0.6) is 5.75 Å². The van der Waals surface area contributed by atoms with Crippen LogP contribution in [0, 0.1) is 0 Å². The van der Waals surface area contributed by atoms with Crippen LogP contribution < -0.4 is 4.74 Å². The number of hydrogen-bond donors (Lipinski definition) is 0. The van der Waals surface area contributed by atoms with Crippen LogP contribution in [0.2, 0.25) is 0 Å². The second-order valence-corrected chi connectivity index (χ2v) is 9.57. The first-order chi connectivity index (χ1) is 14.6. The topological polar surface area (TPSA) is 79.8 Å². The molecule has 1 aromatic heterocycles. The molecule has 12 heteroatoms. The van der Waals surface area contributed by atoms with Gasteiger partial charge in [0.15, 0.2) is 0 Å². The maximum atomic E-state index is 12.8. The lowest BCUT2D eigenvalue weighted by molar-refractivity contribution is -0.274. The molecule has 1 fully saturated rings. The van der Waals surface area contributed by atoms with Crippen LogP contribution in [0.4, 0.5) is 13.2 Å². The number of rotatable bonds is 4. The predicted octanol–water partition coefficient (Wildman–Crippen LogP) is 3.34. The molecule has 0 atom stereocenters. The van der Waals surface area contributed by atoms with Crippen molar-refractivity contribution in [3.05, 3.63) is 53.5 Å². The Morgan fingerprint density at radius 1 is 1.03 bits per heavy atom. The van der Waals surface area contributed by atoms with E-state index in [-0.39, 0.29) is 37.0 Å². The summed E-state index contributed by atoms with van der Waals surface area (Å²) in [7, 11) is -3.91. The molecular formula is C19H16F3N3O4S2. The molecule has 0 saturated carbocycles. The van der Waals surface area contributed by atoms with Gasteiger partial charge in [-0.3, -0.25) is 4.79 Å². The fourth-order valence-corrected chi connectivity index (χ4v) is 5.40.